The van der Waals surface area contributed by atoms with Crippen molar-refractivity contribution in [3.63, 3.8) is 0 Å². The van der Waals surface area contributed by atoms with Crippen molar-refractivity contribution in [2.24, 2.45) is 5.92 Å². The number of aliphatic carboxylic acids is 1. The first kappa shape index (κ1) is 17.8. The van der Waals surface area contributed by atoms with Crippen molar-refractivity contribution in [1.82, 2.24) is 4.72 Å². The van der Waals surface area contributed by atoms with Crippen LogP contribution in [0.3, 0.4) is 0 Å². The van der Waals surface area contributed by atoms with Crippen LogP contribution in [0.2, 0.25) is 0 Å². The normalized spacial score (nSPS) is 14.7. The van der Waals surface area contributed by atoms with E-state index in [2.05, 4.69) is 9.46 Å². The van der Waals surface area contributed by atoms with E-state index in [-0.39, 0.29) is 24.5 Å². The monoisotopic (exact) mass is 295 g/mol. The van der Waals surface area contributed by atoms with Crippen LogP contribution in [0.1, 0.15) is 33.1 Å². The van der Waals surface area contributed by atoms with E-state index in [9.17, 15) is 18.0 Å². The smallest absolute Gasteiger partial charge is 0.322 e. The molecule has 0 rings (SSSR count). The maximum Gasteiger partial charge on any atom is 0.322 e. The van der Waals surface area contributed by atoms with E-state index in [0.717, 1.165) is 0 Å². The lowest BCUT2D eigenvalue weighted by Crippen LogP contribution is -2.45. The molecule has 7 nitrogen and oxygen atoms in total. The summed E-state index contributed by atoms with van der Waals surface area (Å²) in [6, 6.07) is -1.15. The van der Waals surface area contributed by atoms with Crippen molar-refractivity contribution in [2.45, 2.75) is 39.2 Å². The number of carbonyl (C=O) groups excluding carboxylic acids is 1. The average Bonchev–Trinajstić information content (AvgIpc) is 2.34. The summed E-state index contributed by atoms with van der Waals surface area (Å²) in [5.74, 6) is -2.31. The molecule has 0 fully saturated rings. The van der Waals surface area contributed by atoms with Crippen molar-refractivity contribution in [3.05, 3.63) is 0 Å². The van der Waals surface area contributed by atoms with Gasteiger partial charge in [0.1, 0.15) is 6.04 Å². The quantitative estimate of drug-likeness (QED) is 0.594. The lowest BCUT2D eigenvalue weighted by Gasteiger charge is -2.19. The van der Waals surface area contributed by atoms with Crippen molar-refractivity contribution in [3.8, 4) is 0 Å². The van der Waals surface area contributed by atoms with E-state index in [4.69, 9.17) is 5.11 Å². The number of carboxylic acids is 1. The number of sulfonamides is 1. The number of nitrogens with one attached hydrogen (secondary N) is 1. The lowest BCUT2D eigenvalue weighted by atomic mass is 10.0. The molecule has 0 aliphatic heterocycles. The number of esters is 1. The molecule has 2 N–H and O–H groups in total. The van der Waals surface area contributed by atoms with Gasteiger partial charge >= 0.3 is 11.9 Å². The van der Waals surface area contributed by atoms with Gasteiger partial charge in [0, 0.05) is 6.42 Å². The van der Waals surface area contributed by atoms with E-state index in [0.29, 0.717) is 6.42 Å². The zero-order chi connectivity index (χ0) is 15.1. The Morgan fingerprint density at radius 1 is 1.37 bits per heavy atom. The fourth-order valence-electron chi connectivity index (χ4n) is 1.41. The van der Waals surface area contributed by atoms with E-state index >= 15 is 0 Å². The summed E-state index contributed by atoms with van der Waals surface area (Å²) in [7, 11) is -2.50. The zero-order valence-corrected chi connectivity index (χ0v) is 12.2. The minimum atomic E-state index is -3.72. The van der Waals surface area contributed by atoms with Gasteiger partial charge in [-0.05, 0) is 12.3 Å². The predicted octanol–water partition coefficient (Wildman–Crippen LogP) is 0.358. The van der Waals surface area contributed by atoms with Crippen molar-refractivity contribution in [2.75, 3.05) is 12.9 Å². The molecule has 112 valence electrons. The van der Waals surface area contributed by atoms with Crippen LogP contribution in [0, 0.1) is 5.92 Å². The van der Waals surface area contributed by atoms with Gasteiger partial charge in [0.25, 0.3) is 0 Å². The topological polar surface area (TPSA) is 110 Å². The van der Waals surface area contributed by atoms with Crippen molar-refractivity contribution >= 4 is 22.0 Å². The fourth-order valence-corrected chi connectivity index (χ4v) is 2.77. The molecule has 2 atom stereocenters. The molecule has 8 heteroatoms. The van der Waals surface area contributed by atoms with Crippen LogP contribution < -0.4 is 4.72 Å². The summed E-state index contributed by atoms with van der Waals surface area (Å²) < 4.78 is 30.0. The van der Waals surface area contributed by atoms with Gasteiger partial charge in [0.2, 0.25) is 10.0 Å². The van der Waals surface area contributed by atoms with Gasteiger partial charge < -0.3 is 9.84 Å². The Morgan fingerprint density at radius 2 is 1.95 bits per heavy atom. The number of ether oxygens (including phenoxy) is 1. The summed E-state index contributed by atoms with van der Waals surface area (Å²) >= 11 is 0. The highest BCUT2D eigenvalue weighted by atomic mass is 32.2. The second-order valence-corrected chi connectivity index (χ2v) is 6.19. The largest absolute Gasteiger partial charge is 0.480 e. The average molecular weight is 295 g/mol. The number of hydrogen-bond acceptors (Lipinski definition) is 5. The molecule has 0 aromatic carbocycles. The summed E-state index contributed by atoms with van der Waals surface area (Å²) in [5, 5.41) is 8.99. The van der Waals surface area contributed by atoms with Gasteiger partial charge in [-0.3, -0.25) is 9.59 Å². The van der Waals surface area contributed by atoms with Gasteiger partial charge in [-0.2, -0.15) is 0 Å². The SMILES string of the molecule is CCC(C)C(NS(=O)(=O)CCCC(=O)OC)C(=O)O. The molecule has 0 aliphatic carbocycles. The molecular weight excluding hydrogens is 274 g/mol. The van der Waals surface area contributed by atoms with Crippen LogP contribution in [0.15, 0.2) is 0 Å². The van der Waals surface area contributed by atoms with E-state index in [1.807, 2.05) is 0 Å². The van der Waals surface area contributed by atoms with Crippen LogP contribution in [0.4, 0.5) is 0 Å². The number of hydrogen-bond donors (Lipinski definition) is 2. The summed E-state index contributed by atoms with van der Waals surface area (Å²) in [5.41, 5.74) is 0. The minimum absolute atomic E-state index is 0.0154. The highest BCUT2D eigenvalue weighted by Gasteiger charge is 2.28. The van der Waals surface area contributed by atoms with Crippen LogP contribution in [0.5, 0.6) is 0 Å². The van der Waals surface area contributed by atoms with E-state index < -0.39 is 28.0 Å². The first-order valence-corrected chi connectivity index (χ1v) is 7.68. The summed E-state index contributed by atoms with van der Waals surface area (Å²) in [4.78, 5) is 21.9. The molecule has 0 radical (unpaired) electrons. The maximum absolute atomic E-state index is 11.7. The molecule has 0 bridgehead atoms. The molecule has 19 heavy (non-hydrogen) atoms. The molecule has 0 aromatic heterocycles. The Hall–Kier alpha value is -1.15. The Bertz CT molecular complexity index is 405. The lowest BCUT2D eigenvalue weighted by molar-refractivity contribution is -0.141. The minimum Gasteiger partial charge on any atom is -0.480 e. The predicted molar refractivity (Wildman–Crippen MR) is 69.1 cm³/mol. The van der Waals surface area contributed by atoms with Crippen LogP contribution in [-0.4, -0.2) is 44.4 Å². The zero-order valence-electron chi connectivity index (χ0n) is 11.4. The van der Waals surface area contributed by atoms with Crippen molar-refractivity contribution < 1.29 is 27.9 Å². The summed E-state index contributed by atoms with van der Waals surface area (Å²) in [6.07, 6.45) is 0.620. The number of carbonyl (C=O) groups is 2. The Balaban J connectivity index is 4.48. The van der Waals surface area contributed by atoms with Gasteiger partial charge in [-0.25, -0.2) is 13.1 Å². The highest BCUT2D eigenvalue weighted by Crippen LogP contribution is 2.10. The summed E-state index contributed by atoms with van der Waals surface area (Å²) in [6.45, 7) is 3.45. The first-order chi connectivity index (χ1) is 8.73. The number of carboxylic acid groups (broad SMARTS) is 1. The Kier molecular flexibility index (Phi) is 7.62. The van der Waals surface area contributed by atoms with E-state index in [1.165, 1.54) is 7.11 Å². The van der Waals surface area contributed by atoms with Crippen LogP contribution in [0.25, 0.3) is 0 Å². The third-order valence-electron chi connectivity index (χ3n) is 2.81. The third-order valence-corrected chi connectivity index (χ3v) is 4.25. The molecular formula is C11H21NO6S. The Labute approximate surface area is 113 Å². The maximum atomic E-state index is 11.7. The standard InChI is InChI=1S/C11H21NO6S/c1-4-8(2)10(11(14)15)12-19(16,17)7-5-6-9(13)18-3/h8,10,12H,4-7H2,1-3H3,(H,14,15). The van der Waals surface area contributed by atoms with Gasteiger partial charge in [0.15, 0.2) is 0 Å². The Morgan fingerprint density at radius 3 is 2.37 bits per heavy atom. The van der Waals surface area contributed by atoms with Gasteiger partial charge in [-0.15, -0.1) is 0 Å². The van der Waals surface area contributed by atoms with Crippen LogP contribution >= 0.6 is 0 Å². The second kappa shape index (κ2) is 8.11. The number of rotatable bonds is 9. The molecule has 0 spiro atoms. The van der Waals surface area contributed by atoms with Crippen molar-refractivity contribution in [1.29, 1.82) is 0 Å². The molecule has 0 heterocycles. The number of methoxy groups -OCH3 is 1. The van der Waals surface area contributed by atoms with Crippen LogP contribution in [-0.2, 0) is 24.3 Å². The van der Waals surface area contributed by atoms with E-state index in [1.54, 1.807) is 13.8 Å². The second-order valence-electron chi connectivity index (χ2n) is 4.32. The molecule has 2 unspecified atom stereocenters. The van der Waals surface area contributed by atoms with Gasteiger partial charge in [-0.1, -0.05) is 20.3 Å². The molecule has 0 aliphatic rings. The molecule has 0 saturated heterocycles. The molecule has 0 saturated carbocycles. The van der Waals surface area contributed by atoms with Gasteiger partial charge in [0.05, 0.1) is 12.9 Å². The molecule has 0 amide bonds. The third kappa shape index (κ3) is 7.12. The highest BCUT2D eigenvalue weighted by molar-refractivity contribution is 7.89. The molecule has 0 aromatic rings. The first-order valence-electron chi connectivity index (χ1n) is 6.03. The fraction of sp³-hybridized carbons (Fsp3) is 0.818.